The molecule has 51 heavy (non-hydrogen) atoms. The lowest BCUT2D eigenvalue weighted by Crippen LogP contribution is -1.99. The molecule has 0 atom stereocenters. The predicted octanol–water partition coefficient (Wildman–Crippen LogP) is 10.6. The first kappa shape index (κ1) is 30.2. The zero-order valence-electron chi connectivity index (χ0n) is 27.3. The number of nitrogens with zero attached hydrogens (tertiary/aromatic N) is 2. The summed E-state index contributed by atoms with van der Waals surface area (Å²) in [6.07, 6.45) is 0. The van der Waals surface area contributed by atoms with Crippen molar-refractivity contribution in [2.24, 2.45) is 0 Å². The zero-order chi connectivity index (χ0) is 34.3. The molecule has 0 radical (unpaired) electrons. The Balaban J connectivity index is 1.03. The van der Waals surface area contributed by atoms with Crippen molar-refractivity contribution in [3.05, 3.63) is 157 Å². The Bertz CT molecular complexity index is 2570. The molecular formula is C44H30N2O5. The van der Waals surface area contributed by atoms with E-state index < -0.39 is 0 Å². The standard InChI is InChI=1S/C44H30N2O5/c47-35-21-17-27-9-1-5-13-31(27)41(35)43-33-15-7-3-11-29(33)19-23-37(43)49-25-39-45-46-40(51-39)26-50-38-24-20-30-12-4-8-16-34(30)44(38)42-32-14-6-2-10-28(32)18-22-36(42)48/h1-24,47-48H,25-26H2. The minimum atomic E-state index is 0.00890. The molecule has 0 spiro atoms. The van der Waals surface area contributed by atoms with Gasteiger partial charge in [-0.2, -0.15) is 0 Å². The minimum Gasteiger partial charge on any atom is -0.507 e. The van der Waals surface area contributed by atoms with E-state index in [-0.39, 0.29) is 36.5 Å². The van der Waals surface area contributed by atoms with Crippen LogP contribution in [0.5, 0.6) is 23.0 Å². The first-order valence-corrected chi connectivity index (χ1v) is 16.6. The second-order valence-electron chi connectivity index (χ2n) is 12.3. The van der Waals surface area contributed by atoms with Crippen LogP contribution in [-0.2, 0) is 13.2 Å². The average Bonchev–Trinajstić information content (AvgIpc) is 3.64. The third kappa shape index (κ3) is 5.41. The summed E-state index contributed by atoms with van der Waals surface area (Å²) in [5.74, 6) is 2.04. The number of hydrogen-bond donors (Lipinski definition) is 2. The molecule has 0 saturated heterocycles. The summed E-state index contributed by atoms with van der Waals surface area (Å²) in [6.45, 7) is 0.0178. The minimum absolute atomic E-state index is 0.00890. The molecule has 1 heterocycles. The van der Waals surface area contributed by atoms with Crippen molar-refractivity contribution < 1.29 is 24.1 Å². The van der Waals surface area contributed by atoms with Gasteiger partial charge < -0.3 is 24.1 Å². The van der Waals surface area contributed by atoms with Crippen LogP contribution < -0.4 is 9.47 Å². The number of benzene rings is 8. The van der Waals surface area contributed by atoms with Crippen molar-refractivity contribution in [3.63, 3.8) is 0 Å². The van der Waals surface area contributed by atoms with Gasteiger partial charge in [-0.1, -0.05) is 121 Å². The van der Waals surface area contributed by atoms with Crippen LogP contribution in [0.4, 0.5) is 0 Å². The molecule has 246 valence electrons. The Morgan fingerprint density at radius 1 is 0.392 bits per heavy atom. The highest BCUT2D eigenvalue weighted by atomic mass is 16.5. The fraction of sp³-hybridized carbons (Fsp3) is 0.0455. The second kappa shape index (κ2) is 12.5. The van der Waals surface area contributed by atoms with Gasteiger partial charge in [0.05, 0.1) is 0 Å². The number of rotatable bonds is 8. The molecule has 9 rings (SSSR count). The fourth-order valence-corrected chi connectivity index (χ4v) is 6.99. The van der Waals surface area contributed by atoms with E-state index in [2.05, 4.69) is 10.2 Å². The molecule has 0 saturated carbocycles. The van der Waals surface area contributed by atoms with Crippen molar-refractivity contribution in [2.75, 3.05) is 0 Å². The van der Waals surface area contributed by atoms with E-state index in [1.165, 1.54) is 0 Å². The number of aromatic nitrogens is 2. The van der Waals surface area contributed by atoms with E-state index in [9.17, 15) is 10.2 Å². The van der Waals surface area contributed by atoms with Gasteiger partial charge in [0.15, 0.2) is 13.2 Å². The Labute approximate surface area is 292 Å². The lowest BCUT2D eigenvalue weighted by atomic mass is 9.92. The first-order chi connectivity index (χ1) is 25.1. The molecule has 0 fully saturated rings. The molecular weight excluding hydrogens is 636 g/mol. The van der Waals surface area contributed by atoms with E-state index >= 15 is 0 Å². The van der Waals surface area contributed by atoms with Gasteiger partial charge in [0.1, 0.15) is 23.0 Å². The molecule has 8 aromatic carbocycles. The normalized spacial score (nSPS) is 11.5. The van der Waals surface area contributed by atoms with Crippen LogP contribution in [0.2, 0.25) is 0 Å². The van der Waals surface area contributed by atoms with Crippen LogP contribution in [0.15, 0.2) is 150 Å². The SMILES string of the molecule is Oc1ccc2ccccc2c1-c1c(OCc2nnc(COc3ccc4ccccc4c3-c3c(O)ccc4ccccc34)o2)ccc2ccccc12. The van der Waals surface area contributed by atoms with Gasteiger partial charge in [0.25, 0.3) is 11.8 Å². The number of ether oxygens (including phenoxy) is 2. The van der Waals surface area contributed by atoms with E-state index in [1.807, 2.05) is 133 Å². The summed E-state index contributed by atoms with van der Waals surface area (Å²) in [5.41, 5.74) is 2.96. The highest BCUT2D eigenvalue weighted by molar-refractivity contribution is 6.11. The molecule has 0 bridgehead atoms. The largest absolute Gasteiger partial charge is 0.507 e. The molecule has 7 heteroatoms. The smallest absolute Gasteiger partial charge is 0.254 e. The topological polar surface area (TPSA) is 97.8 Å². The maximum atomic E-state index is 11.2. The van der Waals surface area contributed by atoms with Crippen LogP contribution in [0, 0.1) is 0 Å². The van der Waals surface area contributed by atoms with Gasteiger partial charge in [-0.25, -0.2) is 0 Å². The van der Waals surface area contributed by atoms with Crippen LogP contribution in [-0.4, -0.2) is 20.4 Å². The zero-order valence-corrected chi connectivity index (χ0v) is 27.3. The van der Waals surface area contributed by atoms with Crippen LogP contribution in [0.1, 0.15) is 11.8 Å². The lowest BCUT2D eigenvalue weighted by Gasteiger charge is -2.17. The molecule has 1 aromatic heterocycles. The summed E-state index contributed by atoms with van der Waals surface area (Å²) < 4.78 is 18.7. The van der Waals surface area contributed by atoms with Gasteiger partial charge >= 0.3 is 0 Å². The number of aromatic hydroxyl groups is 2. The van der Waals surface area contributed by atoms with Gasteiger partial charge in [0, 0.05) is 22.3 Å². The van der Waals surface area contributed by atoms with E-state index in [1.54, 1.807) is 12.1 Å². The monoisotopic (exact) mass is 666 g/mol. The molecule has 0 unspecified atom stereocenters. The molecule has 0 aliphatic carbocycles. The third-order valence-corrected chi connectivity index (χ3v) is 9.31. The maximum Gasteiger partial charge on any atom is 0.254 e. The summed E-state index contributed by atoms with van der Waals surface area (Å²) >= 11 is 0. The number of hydrogen-bond acceptors (Lipinski definition) is 7. The van der Waals surface area contributed by atoms with Gasteiger partial charge in [-0.15, -0.1) is 10.2 Å². The summed E-state index contributed by atoms with van der Waals surface area (Å²) in [6, 6.07) is 47.1. The summed E-state index contributed by atoms with van der Waals surface area (Å²) in [4.78, 5) is 0. The Kier molecular flexibility index (Phi) is 7.43. The average molecular weight is 667 g/mol. The molecule has 7 nitrogen and oxygen atoms in total. The third-order valence-electron chi connectivity index (χ3n) is 9.31. The highest BCUT2D eigenvalue weighted by Gasteiger charge is 2.21. The van der Waals surface area contributed by atoms with E-state index in [0.717, 1.165) is 54.2 Å². The van der Waals surface area contributed by atoms with Gasteiger partial charge in [-0.05, 0) is 67.4 Å². The molecule has 0 aliphatic rings. The molecule has 0 aliphatic heterocycles. The van der Waals surface area contributed by atoms with Gasteiger partial charge in [0.2, 0.25) is 0 Å². The number of phenols is 2. The molecule has 9 aromatic rings. The lowest BCUT2D eigenvalue weighted by molar-refractivity contribution is 0.233. The predicted molar refractivity (Wildman–Crippen MR) is 200 cm³/mol. The number of phenolic OH excluding ortho intramolecular Hbond substituents is 2. The van der Waals surface area contributed by atoms with Crippen molar-refractivity contribution >= 4 is 43.1 Å². The fourth-order valence-electron chi connectivity index (χ4n) is 6.99. The first-order valence-electron chi connectivity index (χ1n) is 16.6. The molecule has 0 amide bonds. The Morgan fingerprint density at radius 3 is 1.12 bits per heavy atom. The van der Waals surface area contributed by atoms with Crippen LogP contribution >= 0.6 is 0 Å². The van der Waals surface area contributed by atoms with Gasteiger partial charge in [-0.3, -0.25) is 0 Å². The van der Waals surface area contributed by atoms with Crippen molar-refractivity contribution in [1.82, 2.24) is 10.2 Å². The highest BCUT2D eigenvalue weighted by Crippen LogP contribution is 2.46. The quantitative estimate of drug-likeness (QED) is 0.167. The van der Waals surface area contributed by atoms with Crippen molar-refractivity contribution in [2.45, 2.75) is 13.2 Å². The summed E-state index contributed by atoms with van der Waals surface area (Å²) in [5, 5.41) is 38.7. The Morgan fingerprint density at radius 2 is 0.725 bits per heavy atom. The van der Waals surface area contributed by atoms with E-state index in [4.69, 9.17) is 13.9 Å². The maximum absolute atomic E-state index is 11.2. The van der Waals surface area contributed by atoms with Crippen molar-refractivity contribution in [1.29, 1.82) is 0 Å². The number of fused-ring (bicyclic) bond motifs is 4. The Hall–Kier alpha value is -6.86. The summed E-state index contributed by atoms with van der Waals surface area (Å²) in [7, 11) is 0. The van der Waals surface area contributed by atoms with Crippen LogP contribution in [0.3, 0.4) is 0 Å². The second-order valence-corrected chi connectivity index (χ2v) is 12.3. The van der Waals surface area contributed by atoms with E-state index in [0.29, 0.717) is 22.6 Å². The van der Waals surface area contributed by atoms with Crippen molar-refractivity contribution in [3.8, 4) is 45.3 Å². The molecule has 2 N–H and O–H groups in total. The van der Waals surface area contributed by atoms with Crippen LogP contribution in [0.25, 0.3) is 65.3 Å².